The number of carbonyl (C=O) groups excluding carboxylic acids is 1. The van der Waals surface area contributed by atoms with Gasteiger partial charge in [0.05, 0.1) is 5.56 Å². The molecular formula is C24H24F3N3OS. The van der Waals surface area contributed by atoms with Gasteiger partial charge in [-0.25, -0.2) is 4.98 Å². The Morgan fingerprint density at radius 3 is 2.50 bits per heavy atom. The monoisotopic (exact) mass is 459 g/mol. The lowest BCUT2D eigenvalue weighted by Gasteiger charge is -2.26. The second-order valence-corrected chi connectivity index (χ2v) is 9.11. The molecule has 2 aromatic carbocycles. The van der Waals surface area contributed by atoms with Crippen LogP contribution in [0.3, 0.4) is 0 Å². The summed E-state index contributed by atoms with van der Waals surface area (Å²) in [7, 11) is 0. The van der Waals surface area contributed by atoms with Gasteiger partial charge in [-0.2, -0.15) is 13.2 Å². The first-order chi connectivity index (χ1) is 15.4. The third-order valence-electron chi connectivity index (χ3n) is 5.48. The summed E-state index contributed by atoms with van der Waals surface area (Å²) in [5.41, 5.74) is 1.60. The fourth-order valence-corrected chi connectivity index (χ4v) is 4.65. The maximum atomic E-state index is 12.9. The van der Waals surface area contributed by atoms with E-state index >= 15 is 0 Å². The van der Waals surface area contributed by atoms with Crippen LogP contribution in [-0.4, -0.2) is 28.9 Å². The molecule has 1 amide bonds. The summed E-state index contributed by atoms with van der Waals surface area (Å²) in [5.74, 6) is -0.255. The number of anilines is 1. The highest BCUT2D eigenvalue weighted by atomic mass is 32.1. The van der Waals surface area contributed by atoms with Crippen LogP contribution in [0.2, 0.25) is 0 Å². The highest BCUT2D eigenvalue weighted by Gasteiger charge is 2.30. The fourth-order valence-electron chi connectivity index (χ4n) is 3.81. The Morgan fingerprint density at radius 1 is 1.03 bits per heavy atom. The molecule has 1 aliphatic heterocycles. The summed E-state index contributed by atoms with van der Waals surface area (Å²) in [4.78, 5) is 20.0. The van der Waals surface area contributed by atoms with E-state index in [1.807, 2.05) is 24.3 Å². The molecule has 8 heteroatoms. The molecule has 168 valence electrons. The van der Waals surface area contributed by atoms with Crippen LogP contribution in [0, 0.1) is 0 Å². The Morgan fingerprint density at radius 2 is 1.78 bits per heavy atom. The Bertz CT molecular complexity index is 1060. The van der Waals surface area contributed by atoms with Crippen LogP contribution in [0.5, 0.6) is 0 Å². The number of thiazole rings is 1. The lowest BCUT2D eigenvalue weighted by atomic mass is 10.1. The van der Waals surface area contributed by atoms with E-state index in [9.17, 15) is 18.0 Å². The molecule has 1 fully saturated rings. The van der Waals surface area contributed by atoms with Crippen LogP contribution in [-0.2, 0) is 19.1 Å². The molecule has 1 N–H and O–H groups in total. The predicted molar refractivity (Wildman–Crippen MR) is 120 cm³/mol. The van der Waals surface area contributed by atoms with E-state index in [1.54, 1.807) is 12.3 Å². The molecule has 1 saturated heterocycles. The Kier molecular flexibility index (Phi) is 6.91. The van der Waals surface area contributed by atoms with E-state index < -0.39 is 11.7 Å². The first kappa shape index (κ1) is 22.5. The lowest BCUT2D eigenvalue weighted by Crippen LogP contribution is -2.29. The number of benzene rings is 2. The number of hydrogen-bond acceptors (Lipinski definition) is 4. The molecule has 4 rings (SSSR count). The second-order valence-electron chi connectivity index (χ2n) is 7.99. The third kappa shape index (κ3) is 5.95. The van der Waals surface area contributed by atoms with Gasteiger partial charge in [0.2, 0.25) is 0 Å². The van der Waals surface area contributed by atoms with Crippen molar-refractivity contribution in [3.05, 3.63) is 81.9 Å². The summed E-state index contributed by atoms with van der Waals surface area (Å²) in [5, 5.41) is 3.20. The lowest BCUT2D eigenvalue weighted by molar-refractivity contribution is -0.137. The molecule has 1 aromatic heterocycles. The predicted octanol–water partition coefficient (Wildman–Crippen LogP) is 5.99. The summed E-state index contributed by atoms with van der Waals surface area (Å²) in [6.07, 6.45) is 1.32. The molecule has 0 radical (unpaired) electrons. The summed E-state index contributed by atoms with van der Waals surface area (Å²) in [6, 6.07) is 12.8. The molecule has 32 heavy (non-hydrogen) atoms. The van der Waals surface area contributed by atoms with Crippen molar-refractivity contribution in [1.82, 2.24) is 9.88 Å². The van der Waals surface area contributed by atoms with Crippen molar-refractivity contribution in [2.75, 3.05) is 18.4 Å². The molecular weight excluding hydrogens is 435 g/mol. The molecule has 4 nitrogen and oxygen atoms in total. The number of hydrogen-bond donors (Lipinski definition) is 1. The molecule has 0 saturated carbocycles. The molecule has 2 heterocycles. The highest BCUT2D eigenvalue weighted by Crippen LogP contribution is 2.30. The van der Waals surface area contributed by atoms with Crippen molar-refractivity contribution in [3.8, 4) is 0 Å². The molecule has 0 atom stereocenters. The number of piperidine rings is 1. The molecule has 1 aliphatic rings. The maximum absolute atomic E-state index is 12.9. The molecule has 0 unspecified atom stereocenters. The van der Waals surface area contributed by atoms with E-state index in [0.29, 0.717) is 22.7 Å². The van der Waals surface area contributed by atoms with Crippen molar-refractivity contribution in [1.29, 1.82) is 0 Å². The number of likely N-dealkylation sites (tertiary alicyclic amines) is 1. The SMILES string of the molecule is O=C(Nc1ncc(Cc2cccc(C(F)(F)F)c2)s1)c1ccc(CN2CCCCC2)cc1. The Labute approximate surface area is 189 Å². The second kappa shape index (κ2) is 9.83. The molecule has 0 aliphatic carbocycles. The highest BCUT2D eigenvalue weighted by molar-refractivity contribution is 7.15. The van der Waals surface area contributed by atoms with Gasteiger partial charge in [-0.3, -0.25) is 15.0 Å². The number of halogens is 3. The van der Waals surface area contributed by atoms with Gasteiger partial charge in [0.1, 0.15) is 0 Å². The molecule has 0 spiro atoms. The van der Waals surface area contributed by atoms with Crippen LogP contribution in [0.15, 0.2) is 54.7 Å². The van der Waals surface area contributed by atoms with E-state index in [4.69, 9.17) is 0 Å². The number of alkyl halides is 3. The van der Waals surface area contributed by atoms with Gasteiger partial charge in [0.15, 0.2) is 5.13 Å². The summed E-state index contributed by atoms with van der Waals surface area (Å²) < 4.78 is 38.7. The van der Waals surface area contributed by atoms with Gasteiger partial charge in [0.25, 0.3) is 5.91 Å². The summed E-state index contributed by atoms with van der Waals surface area (Å²) >= 11 is 1.26. The van der Waals surface area contributed by atoms with E-state index in [2.05, 4.69) is 15.2 Å². The third-order valence-corrected chi connectivity index (χ3v) is 6.39. The van der Waals surface area contributed by atoms with Gasteiger partial charge in [-0.1, -0.05) is 36.8 Å². The van der Waals surface area contributed by atoms with Gasteiger partial charge < -0.3 is 0 Å². The number of nitrogens with one attached hydrogen (secondary N) is 1. The van der Waals surface area contributed by atoms with Crippen LogP contribution in [0.25, 0.3) is 0 Å². The van der Waals surface area contributed by atoms with Crippen molar-refractivity contribution >= 4 is 22.4 Å². The number of rotatable bonds is 6. The summed E-state index contributed by atoms with van der Waals surface area (Å²) in [6.45, 7) is 3.14. The largest absolute Gasteiger partial charge is 0.416 e. The quantitative estimate of drug-likeness (QED) is 0.492. The van der Waals surface area contributed by atoms with Gasteiger partial charge in [-0.15, -0.1) is 11.3 Å². The van der Waals surface area contributed by atoms with Crippen LogP contribution < -0.4 is 5.32 Å². The van der Waals surface area contributed by atoms with Gasteiger partial charge >= 0.3 is 6.18 Å². The molecule has 3 aromatic rings. The van der Waals surface area contributed by atoms with Gasteiger partial charge in [0, 0.05) is 29.6 Å². The average molecular weight is 460 g/mol. The smallest absolute Gasteiger partial charge is 0.299 e. The minimum Gasteiger partial charge on any atom is -0.299 e. The topological polar surface area (TPSA) is 45.2 Å². The van der Waals surface area contributed by atoms with Crippen molar-refractivity contribution < 1.29 is 18.0 Å². The zero-order valence-electron chi connectivity index (χ0n) is 17.5. The van der Waals surface area contributed by atoms with Crippen LogP contribution >= 0.6 is 11.3 Å². The number of aromatic nitrogens is 1. The first-order valence-corrected chi connectivity index (χ1v) is 11.4. The van der Waals surface area contributed by atoms with E-state index in [1.165, 1.54) is 42.2 Å². The number of carbonyl (C=O) groups is 1. The Hall–Kier alpha value is -2.71. The van der Waals surface area contributed by atoms with E-state index in [-0.39, 0.29) is 5.91 Å². The zero-order valence-corrected chi connectivity index (χ0v) is 18.3. The van der Waals surface area contributed by atoms with Gasteiger partial charge in [-0.05, 0) is 55.3 Å². The minimum atomic E-state index is -4.37. The standard InChI is InChI=1S/C24H24F3N3OS/c25-24(26,27)20-6-4-5-18(13-20)14-21-15-28-23(32-21)29-22(31)19-9-7-17(8-10-19)16-30-11-2-1-3-12-30/h4-10,13,15H,1-3,11-12,14,16H2,(H,28,29,31). The van der Waals surface area contributed by atoms with E-state index in [0.717, 1.165) is 36.6 Å². The maximum Gasteiger partial charge on any atom is 0.416 e. The Balaban J connectivity index is 1.34. The minimum absolute atomic E-state index is 0.255. The van der Waals surface area contributed by atoms with Crippen molar-refractivity contribution in [3.63, 3.8) is 0 Å². The van der Waals surface area contributed by atoms with Crippen LogP contribution in [0.4, 0.5) is 18.3 Å². The normalized spacial score (nSPS) is 15.0. The fraction of sp³-hybridized carbons (Fsp3) is 0.333. The average Bonchev–Trinajstić information content (AvgIpc) is 3.21. The number of nitrogens with zero attached hydrogens (tertiary/aromatic N) is 2. The van der Waals surface area contributed by atoms with Crippen molar-refractivity contribution in [2.24, 2.45) is 0 Å². The van der Waals surface area contributed by atoms with Crippen LogP contribution in [0.1, 0.15) is 51.2 Å². The molecule has 0 bridgehead atoms. The number of amides is 1. The van der Waals surface area contributed by atoms with Crippen molar-refractivity contribution in [2.45, 2.75) is 38.4 Å². The zero-order chi connectivity index (χ0) is 22.6. The first-order valence-electron chi connectivity index (χ1n) is 10.6.